The Morgan fingerprint density at radius 1 is 1.13 bits per heavy atom. The van der Waals surface area contributed by atoms with Crippen LogP contribution in [-0.2, 0) is 9.31 Å². The summed E-state index contributed by atoms with van der Waals surface area (Å²) < 4.78 is 34.2. The van der Waals surface area contributed by atoms with Crippen molar-refractivity contribution in [2.75, 3.05) is 0 Å². The topological polar surface area (TPSA) is 44.2 Å². The number of aromatic nitrogens is 2. The Bertz CT molecular complexity index is 457. The summed E-state index contributed by atoms with van der Waals surface area (Å²) in [7, 11) is -0.837. The Labute approximate surface area is 94.4 Å². The van der Waals surface area contributed by atoms with E-state index in [2.05, 4.69) is 9.97 Å². The van der Waals surface area contributed by atoms with Crippen molar-refractivity contribution in [1.29, 1.82) is 0 Å². The van der Waals surface area contributed by atoms with Gasteiger partial charge in [0.15, 0.2) is 0 Å². The summed E-state index contributed by atoms with van der Waals surface area (Å²) in [5.74, 6) is 0. The average Bonchev–Trinajstić information content (AvgIpc) is 2.32. The van der Waals surface area contributed by atoms with Crippen LogP contribution in [0, 0.1) is 0 Å². The highest BCUT2D eigenvalue weighted by Gasteiger charge is 2.51. The second kappa shape index (κ2) is 3.28. The van der Waals surface area contributed by atoms with Gasteiger partial charge >= 0.3 is 7.12 Å². The Kier molecular flexibility index (Phi) is 1.61. The lowest BCUT2D eigenvalue weighted by Crippen LogP contribution is -2.41. The molecular formula is C10H15BN2O2. The van der Waals surface area contributed by atoms with Crippen LogP contribution in [0.4, 0.5) is 0 Å². The van der Waals surface area contributed by atoms with E-state index in [1.165, 1.54) is 0 Å². The molecule has 0 spiro atoms. The molecule has 15 heavy (non-hydrogen) atoms. The summed E-state index contributed by atoms with van der Waals surface area (Å²) >= 11 is 0. The van der Waals surface area contributed by atoms with Crippen molar-refractivity contribution < 1.29 is 13.4 Å². The molecule has 1 aliphatic heterocycles. The second-order valence-electron chi connectivity index (χ2n) is 4.55. The fraction of sp³-hybridized carbons (Fsp3) is 0.600. The highest BCUT2D eigenvalue weighted by atomic mass is 16.7. The summed E-state index contributed by atoms with van der Waals surface area (Å²) in [5, 5.41) is 0. The van der Waals surface area contributed by atoms with E-state index in [1.54, 1.807) is 0 Å². The summed E-state index contributed by atoms with van der Waals surface area (Å²) in [5.41, 5.74) is -0.920. The molecule has 1 aromatic heterocycles. The molecule has 2 heterocycles. The molecule has 80 valence electrons. The molecule has 0 aliphatic carbocycles. The van der Waals surface area contributed by atoms with E-state index in [1.807, 2.05) is 27.7 Å². The van der Waals surface area contributed by atoms with Crippen LogP contribution in [0.15, 0.2) is 18.6 Å². The molecule has 0 radical (unpaired) electrons. The molecule has 0 aromatic carbocycles. The number of nitrogens with zero attached hydrogens (tertiary/aromatic N) is 2. The van der Waals surface area contributed by atoms with Gasteiger partial charge in [-0.1, -0.05) is 0 Å². The first kappa shape index (κ1) is 7.36. The molecule has 0 bridgehead atoms. The molecule has 2 rings (SSSR count). The fourth-order valence-electron chi connectivity index (χ4n) is 1.29. The largest absolute Gasteiger partial charge is 0.498 e. The molecule has 0 atom stereocenters. The monoisotopic (exact) mass is 209 g/mol. The zero-order chi connectivity index (χ0) is 13.7. The van der Waals surface area contributed by atoms with E-state index in [-0.39, 0.29) is 24.1 Å². The van der Waals surface area contributed by atoms with E-state index < -0.39 is 18.3 Å². The molecule has 0 amide bonds. The Morgan fingerprint density at radius 3 is 2.07 bits per heavy atom. The molecule has 1 fully saturated rings. The Balaban J connectivity index is 2.42. The minimum absolute atomic E-state index is 0.171. The maximum atomic E-state index is 7.72. The maximum absolute atomic E-state index is 7.72. The van der Waals surface area contributed by atoms with E-state index in [4.69, 9.17) is 13.4 Å². The molecule has 0 unspecified atom stereocenters. The van der Waals surface area contributed by atoms with Gasteiger partial charge in [-0.05, 0) is 27.7 Å². The van der Waals surface area contributed by atoms with Gasteiger partial charge in [0.05, 0.1) is 13.9 Å². The first-order valence-electron chi connectivity index (χ1n) is 6.31. The van der Waals surface area contributed by atoms with Crippen LogP contribution in [0.5, 0.6) is 0 Å². The highest BCUT2D eigenvalue weighted by Crippen LogP contribution is 2.36. The summed E-state index contributed by atoms with van der Waals surface area (Å²) in [4.78, 5) is 7.23. The third kappa shape index (κ3) is 1.77. The van der Waals surface area contributed by atoms with Crippen LogP contribution in [0.1, 0.15) is 31.8 Å². The lowest BCUT2D eigenvalue weighted by molar-refractivity contribution is 0.00578. The van der Waals surface area contributed by atoms with Gasteiger partial charge in [-0.25, -0.2) is 9.97 Å². The van der Waals surface area contributed by atoms with Gasteiger partial charge in [0.2, 0.25) is 0 Å². The molecule has 4 nitrogen and oxygen atoms in total. The summed E-state index contributed by atoms with van der Waals surface area (Å²) in [6.07, 6.45) is -0.734. The smallest absolute Gasteiger partial charge is 0.399 e. The average molecular weight is 209 g/mol. The van der Waals surface area contributed by atoms with Gasteiger partial charge < -0.3 is 9.31 Å². The quantitative estimate of drug-likeness (QED) is 0.641. The molecule has 1 aliphatic rings. The first-order valence-corrected chi connectivity index (χ1v) is 4.81. The highest BCUT2D eigenvalue weighted by molar-refractivity contribution is 6.61. The SMILES string of the molecule is [2H]c1nc([2H])c(B2OC(C)(C)C(C)(C)O2)c([2H])n1. The number of hydrogen-bond donors (Lipinski definition) is 0. The predicted molar refractivity (Wildman–Crippen MR) is 57.7 cm³/mol. The Hall–Kier alpha value is -0.935. The maximum Gasteiger partial charge on any atom is 0.498 e. The lowest BCUT2D eigenvalue weighted by atomic mass is 9.81. The van der Waals surface area contributed by atoms with Crippen LogP contribution >= 0.6 is 0 Å². The molecule has 0 saturated carbocycles. The molecule has 5 heteroatoms. The van der Waals surface area contributed by atoms with Gasteiger partial charge in [-0.3, -0.25) is 0 Å². The van der Waals surface area contributed by atoms with Crippen LogP contribution in [0.2, 0.25) is 0 Å². The third-order valence-electron chi connectivity index (χ3n) is 2.94. The molecular weight excluding hydrogens is 191 g/mol. The third-order valence-corrected chi connectivity index (χ3v) is 2.94. The normalized spacial score (nSPS) is 25.9. The van der Waals surface area contributed by atoms with Gasteiger partial charge in [0, 0.05) is 17.8 Å². The predicted octanol–water partition coefficient (Wildman–Crippen LogP) is 0.776. The van der Waals surface area contributed by atoms with Crippen molar-refractivity contribution in [3.8, 4) is 0 Å². The van der Waals surface area contributed by atoms with Gasteiger partial charge in [-0.2, -0.15) is 0 Å². The van der Waals surface area contributed by atoms with Crippen molar-refractivity contribution >= 4 is 12.6 Å². The van der Waals surface area contributed by atoms with Crippen molar-refractivity contribution in [2.24, 2.45) is 0 Å². The van der Waals surface area contributed by atoms with Crippen molar-refractivity contribution in [2.45, 2.75) is 38.9 Å². The lowest BCUT2D eigenvalue weighted by Gasteiger charge is -2.32. The zero-order valence-corrected chi connectivity index (χ0v) is 9.29. The van der Waals surface area contributed by atoms with E-state index in [0.29, 0.717) is 0 Å². The van der Waals surface area contributed by atoms with Crippen LogP contribution in [0.3, 0.4) is 0 Å². The minimum atomic E-state index is -0.837. The first-order chi connectivity index (χ1) is 8.14. The molecule has 1 saturated heterocycles. The van der Waals surface area contributed by atoms with Gasteiger partial charge in [0.1, 0.15) is 7.67 Å². The van der Waals surface area contributed by atoms with Crippen LogP contribution < -0.4 is 5.46 Å². The van der Waals surface area contributed by atoms with E-state index in [0.717, 1.165) is 0 Å². The Morgan fingerprint density at radius 2 is 1.60 bits per heavy atom. The van der Waals surface area contributed by atoms with Crippen molar-refractivity contribution in [1.82, 2.24) is 9.97 Å². The number of rotatable bonds is 1. The van der Waals surface area contributed by atoms with E-state index in [9.17, 15) is 0 Å². The zero-order valence-electron chi connectivity index (χ0n) is 12.3. The molecule has 1 aromatic rings. The van der Waals surface area contributed by atoms with E-state index >= 15 is 0 Å². The van der Waals surface area contributed by atoms with Crippen molar-refractivity contribution in [3.05, 3.63) is 18.6 Å². The summed E-state index contributed by atoms with van der Waals surface area (Å²) in [6, 6.07) is 0. The van der Waals surface area contributed by atoms with Gasteiger partial charge in [0.25, 0.3) is 0 Å². The molecule has 0 N–H and O–H groups in total. The fourth-order valence-corrected chi connectivity index (χ4v) is 1.29. The number of hydrogen-bond acceptors (Lipinski definition) is 4. The van der Waals surface area contributed by atoms with Crippen LogP contribution in [0.25, 0.3) is 0 Å². The standard InChI is InChI=1S/C10H15BN2O2/c1-9(2)10(3,4)15-11(14-9)8-5-12-7-13-6-8/h5-7H,1-4H3/i5D,6D,7D. The van der Waals surface area contributed by atoms with Gasteiger partial charge in [-0.15, -0.1) is 0 Å². The van der Waals surface area contributed by atoms with Crippen molar-refractivity contribution in [3.63, 3.8) is 0 Å². The minimum Gasteiger partial charge on any atom is -0.399 e. The van der Waals surface area contributed by atoms with Crippen LogP contribution in [-0.4, -0.2) is 28.3 Å². The second-order valence-corrected chi connectivity index (χ2v) is 4.55. The summed E-state index contributed by atoms with van der Waals surface area (Å²) in [6.45, 7) is 7.56.